The Labute approximate surface area is 182 Å². The average Bonchev–Trinajstić information content (AvgIpc) is 2.70. The lowest BCUT2D eigenvalue weighted by molar-refractivity contribution is 0.0696. The predicted octanol–water partition coefficient (Wildman–Crippen LogP) is 8.33. The van der Waals surface area contributed by atoms with E-state index < -0.39 is 12.1 Å². The summed E-state index contributed by atoms with van der Waals surface area (Å²) in [6.07, 6.45) is 20.0. The number of rotatable bonds is 18. The molecule has 0 saturated heterocycles. The Kier molecular flexibility index (Phi) is 15.0. The summed E-state index contributed by atoms with van der Waals surface area (Å²) >= 11 is 5.97. The minimum Gasteiger partial charge on any atom is -0.478 e. The molecule has 166 valence electrons. The fourth-order valence-electron chi connectivity index (χ4n) is 3.79. The van der Waals surface area contributed by atoms with Gasteiger partial charge in [0.1, 0.15) is 0 Å². The Hall–Kier alpha value is -1.06. The van der Waals surface area contributed by atoms with Crippen LogP contribution in [0.1, 0.15) is 132 Å². The maximum absolute atomic E-state index is 11.0. The van der Waals surface area contributed by atoms with E-state index in [9.17, 15) is 9.90 Å². The molecule has 1 aromatic carbocycles. The van der Waals surface area contributed by atoms with E-state index in [1.807, 2.05) is 0 Å². The lowest BCUT2D eigenvalue weighted by Crippen LogP contribution is -2.01. The number of aliphatic hydroxyl groups excluding tert-OH is 1. The third-order valence-electron chi connectivity index (χ3n) is 5.69. The highest BCUT2D eigenvalue weighted by Crippen LogP contribution is 2.25. The Morgan fingerprint density at radius 3 is 1.69 bits per heavy atom. The van der Waals surface area contributed by atoms with Crippen molar-refractivity contribution >= 4 is 17.6 Å². The van der Waals surface area contributed by atoms with Gasteiger partial charge in [0, 0.05) is 0 Å². The van der Waals surface area contributed by atoms with Crippen molar-refractivity contribution < 1.29 is 15.0 Å². The number of aromatic carboxylic acids is 1. The molecule has 0 aromatic heterocycles. The summed E-state index contributed by atoms with van der Waals surface area (Å²) in [5.74, 6) is -1.04. The summed E-state index contributed by atoms with van der Waals surface area (Å²) in [5.41, 5.74) is 0.778. The zero-order valence-corrected chi connectivity index (χ0v) is 19.1. The molecule has 0 saturated carbocycles. The third kappa shape index (κ3) is 12.3. The van der Waals surface area contributed by atoms with Crippen molar-refractivity contribution in [2.75, 3.05) is 0 Å². The normalized spacial score (nSPS) is 12.2. The van der Waals surface area contributed by atoms with Crippen molar-refractivity contribution in [3.05, 3.63) is 34.3 Å². The molecule has 0 aliphatic heterocycles. The maximum Gasteiger partial charge on any atom is 0.337 e. The minimum atomic E-state index is -1.04. The molecule has 1 atom stereocenters. The first-order chi connectivity index (χ1) is 14.1. The molecule has 29 heavy (non-hydrogen) atoms. The van der Waals surface area contributed by atoms with Gasteiger partial charge in [0.2, 0.25) is 0 Å². The van der Waals surface area contributed by atoms with Crippen LogP contribution >= 0.6 is 11.6 Å². The number of carbonyl (C=O) groups is 1. The van der Waals surface area contributed by atoms with Crippen LogP contribution in [-0.4, -0.2) is 16.2 Å². The summed E-state index contributed by atoms with van der Waals surface area (Å²) in [7, 11) is 0. The fourth-order valence-corrected chi connectivity index (χ4v) is 4.06. The molecule has 0 aliphatic carbocycles. The van der Waals surface area contributed by atoms with Crippen molar-refractivity contribution in [2.24, 2.45) is 0 Å². The van der Waals surface area contributed by atoms with E-state index in [2.05, 4.69) is 6.92 Å². The number of unbranched alkanes of at least 4 members (excludes halogenated alkanes) is 14. The van der Waals surface area contributed by atoms with Crippen LogP contribution in [0, 0.1) is 0 Å². The zero-order chi connectivity index (χ0) is 21.3. The van der Waals surface area contributed by atoms with Crippen LogP contribution < -0.4 is 0 Å². The third-order valence-corrected chi connectivity index (χ3v) is 6.00. The number of carboxylic acids is 1. The Bertz CT molecular complexity index is 559. The smallest absolute Gasteiger partial charge is 0.337 e. The summed E-state index contributed by atoms with van der Waals surface area (Å²) in [4.78, 5) is 11.0. The highest BCUT2D eigenvalue weighted by atomic mass is 35.5. The molecule has 0 amide bonds. The van der Waals surface area contributed by atoms with Crippen LogP contribution in [0.15, 0.2) is 18.2 Å². The van der Waals surface area contributed by atoms with Gasteiger partial charge in [-0.1, -0.05) is 121 Å². The summed E-state index contributed by atoms with van der Waals surface area (Å²) < 4.78 is 0. The number of carboxylic acid groups (broad SMARTS) is 1. The van der Waals surface area contributed by atoms with Gasteiger partial charge in [0.15, 0.2) is 0 Å². The van der Waals surface area contributed by atoms with Gasteiger partial charge in [0.05, 0.1) is 16.7 Å². The quantitative estimate of drug-likeness (QED) is 0.233. The molecule has 0 spiro atoms. The van der Waals surface area contributed by atoms with Gasteiger partial charge in [-0.2, -0.15) is 0 Å². The van der Waals surface area contributed by atoms with Crippen LogP contribution in [0.25, 0.3) is 0 Å². The Morgan fingerprint density at radius 2 is 1.28 bits per heavy atom. The van der Waals surface area contributed by atoms with Gasteiger partial charge in [-0.3, -0.25) is 0 Å². The van der Waals surface area contributed by atoms with Crippen LogP contribution in [0.5, 0.6) is 0 Å². The molecule has 0 fully saturated rings. The molecule has 0 aliphatic rings. The van der Waals surface area contributed by atoms with Crippen LogP contribution in [0.4, 0.5) is 0 Å². The van der Waals surface area contributed by atoms with Crippen molar-refractivity contribution in [1.29, 1.82) is 0 Å². The number of hydrogen-bond acceptors (Lipinski definition) is 2. The molecule has 1 aromatic rings. The molecule has 2 N–H and O–H groups in total. The summed E-state index contributed by atoms with van der Waals surface area (Å²) in [5, 5.41) is 19.5. The Morgan fingerprint density at radius 1 is 0.828 bits per heavy atom. The first-order valence-electron chi connectivity index (χ1n) is 11.8. The van der Waals surface area contributed by atoms with Crippen molar-refractivity contribution in [3.63, 3.8) is 0 Å². The van der Waals surface area contributed by atoms with E-state index in [1.165, 1.54) is 89.5 Å². The van der Waals surface area contributed by atoms with Gasteiger partial charge in [-0.25, -0.2) is 4.79 Å². The van der Waals surface area contributed by atoms with E-state index >= 15 is 0 Å². The molecule has 0 unspecified atom stereocenters. The van der Waals surface area contributed by atoms with E-state index in [0.717, 1.165) is 12.8 Å². The fraction of sp³-hybridized carbons (Fsp3) is 0.720. The van der Waals surface area contributed by atoms with E-state index in [0.29, 0.717) is 12.0 Å². The van der Waals surface area contributed by atoms with Gasteiger partial charge >= 0.3 is 5.97 Å². The topological polar surface area (TPSA) is 57.5 Å². The van der Waals surface area contributed by atoms with Gasteiger partial charge < -0.3 is 10.2 Å². The number of halogens is 1. The zero-order valence-electron chi connectivity index (χ0n) is 18.3. The van der Waals surface area contributed by atoms with Crippen molar-refractivity contribution in [1.82, 2.24) is 0 Å². The monoisotopic (exact) mass is 424 g/mol. The molecule has 1 rings (SSSR count). The van der Waals surface area contributed by atoms with Crippen molar-refractivity contribution in [3.8, 4) is 0 Å². The average molecular weight is 425 g/mol. The number of hydrogen-bond donors (Lipinski definition) is 2. The molecular weight excluding hydrogens is 384 g/mol. The van der Waals surface area contributed by atoms with E-state index in [1.54, 1.807) is 12.1 Å². The standard InChI is InChI=1S/C25H41ClO3/c1-2-3-4-5-6-7-8-9-10-11-12-13-14-15-16-17-24(27)21-18-19-22(25(28)29)23(26)20-21/h18-20,24,27H,2-17H2,1H3,(H,28,29)/t24-/m0/s1. The second-order valence-electron chi connectivity index (χ2n) is 8.30. The molecule has 0 heterocycles. The van der Waals surface area contributed by atoms with Gasteiger partial charge in [0.25, 0.3) is 0 Å². The first kappa shape index (κ1) is 26.0. The number of aliphatic hydroxyl groups is 1. The summed E-state index contributed by atoms with van der Waals surface area (Å²) in [6.45, 7) is 2.27. The number of benzene rings is 1. The predicted molar refractivity (Wildman–Crippen MR) is 123 cm³/mol. The first-order valence-corrected chi connectivity index (χ1v) is 12.1. The lowest BCUT2D eigenvalue weighted by Gasteiger charge is -2.12. The van der Waals surface area contributed by atoms with Gasteiger partial charge in [-0.05, 0) is 24.1 Å². The van der Waals surface area contributed by atoms with Crippen molar-refractivity contribution in [2.45, 2.75) is 116 Å². The molecule has 0 bridgehead atoms. The van der Waals surface area contributed by atoms with E-state index in [4.69, 9.17) is 16.7 Å². The lowest BCUT2D eigenvalue weighted by atomic mass is 10.0. The maximum atomic E-state index is 11.0. The highest BCUT2D eigenvalue weighted by molar-refractivity contribution is 6.33. The minimum absolute atomic E-state index is 0.0783. The van der Waals surface area contributed by atoms with E-state index in [-0.39, 0.29) is 10.6 Å². The molecule has 0 radical (unpaired) electrons. The van der Waals surface area contributed by atoms with Crippen LogP contribution in [0.2, 0.25) is 5.02 Å². The largest absolute Gasteiger partial charge is 0.478 e. The van der Waals surface area contributed by atoms with Crippen LogP contribution in [-0.2, 0) is 0 Å². The second-order valence-corrected chi connectivity index (χ2v) is 8.71. The molecule has 4 heteroatoms. The molecule has 3 nitrogen and oxygen atoms in total. The molecular formula is C25H41ClO3. The van der Waals surface area contributed by atoms with Gasteiger partial charge in [-0.15, -0.1) is 0 Å². The highest BCUT2D eigenvalue weighted by Gasteiger charge is 2.13. The summed E-state index contributed by atoms with van der Waals surface area (Å²) in [6, 6.07) is 4.70. The second kappa shape index (κ2) is 16.7. The Balaban J connectivity index is 1.95. The van der Waals surface area contributed by atoms with Crippen LogP contribution in [0.3, 0.4) is 0 Å². The SMILES string of the molecule is CCCCCCCCCCCCCCCCC[C@H](O)c1ccc(C(=O)O)c(Cl)c1.